The van der Waals surface area contributed by atoms with E-state index in [1.54, 1.807) is 57.8 Å². The molecule has 0 spiro atoms. The van der Waals surface area contributed by atoms with Gasteiger partial charge in [-0.25, -0.2) is 0 Å². The number of piperazine rings is 1. The highest BCUT2D eigenvalue weighted by Crippen LogP contribution is 2.53. The SMILES string of the molecule is C1C2CC3CC1CC(C2)C3[NH+]1CC[NH+]([C@H]2C[C@@H]3CC[C@H]2C3)CC1. The van der Waals surface area contributed by atoms with Gasteiger partial charge in [-0.3, -0.25) is 0 Å². The van der Waals surface area contributed by atoms with E-state index >= 15 is 0 Å². The van der Waals surface area contributed by atoms with E-state index in [0.29, 0.717) is 0 Å². The van der Waals surface area contributed by atoms with Gasteiger partial charge in [0.2, 0.25) is 0 Å². The number of quaternary nitrogens is 2. The molecule has 6 aliphatic carbocycles. The third-order valence-corrected chi connectivity index (χ3v) is 9.50. The van der Waals surface area contributed by atoms with Gasteiger partial charge < -0.3 is 9.80 Å². The Morgan fingerprint density at radius 3 is 1.65 bits per heavy atom. The van der Waals surface area contributed by atoms with Gasteiger partial charge in [-0.2, -0.15) is 0 Å². The van der Waals surface area contributed by atoms with Crippen molar-refractivity contribution in [3.63, 3.8) is 0 Å². The second kappa shape index (κ2) is 5.21. The van der Waals surface area contributed by atoms with E-state index in [2.05, 4.69) is 4.90 Å². The van der Waals surface area contributed by atoms with Crippen molar-refractivity contribution in [2.24, 2.45) is 35.5 Å². The maximum Gasteiger partial charge on any atom is 0.127 e. The molecule has 0 amide bonds. The Kier molecular flexibility index (Phi) is 3.20. The van der Waals surface area contributed by atoms with Gasteiger partial charge in [0.1, 0.15) is 26.2 Å². The first-order chi connectivity index (χ1) is 11.3. The fourth-order valence-electron chi connectivity index (χ4n) is 8.93. The normalized spacial score (nSPS) is 60.5. The minimum absolute atomic E-state index is 1.08. The molecule has 1 saturated heterocycles. The topological polar surface area (TPSA) is 8.88 Å². The second-order valence-electron chi connectivity index (χ2n) is 10.6. The highest BCUT2D eigenvalue weighted by Gasteiger charge is 2.53. The van der Waals surface area contributed by atoms with E-state index < -0.39 is 0 Å². The Balaban J connectivity index is 1.11. The van der Waals surface area contributed by atoms with E-state index in [1.807, 2.05) is 4.90 Å². The molecular weight excluding hydrogens is 280 g/mol. The van der Waals surface area contributed by atoms with Crippen molar-refractivity contribution >= 4 is 0 Å². The molecule has 0 aromatic heterocycles. The lowest BCUT2D eigenvalue weighted by molar-refractivity contribution is -1.04. The third kappa shape index (κ3) is 2.20. The summed E-state index contributed by atoms with van der Waals surface area (Å²) in [5.74, 6) is 6.81. The first-order valence-electron chi connectivity index (χ1n) is 11.0. The number of fused-ring (bicyclic) bond motifs is 2. The Morgan fingerprint density at radius 1 is 0.478 bits per heavy atom. The third-order valence-electron chi connectivity index (χ3n) is 9.50. The lowest BCUT2D eigenvalue weighted by Crippen LogP contribution is -3.32. The molecule has 2 heteroatoms. The quantitative estimate of drug-likeness (QED) is 0.745. The summed E-state index contributed by atoms with van der Waals surface area (Å²) in [7, 11) is 0. The van der Waals surface area contributed by atoms with Crippen molar-refractivity contribution in [3.8, 4) is 0 Å². The summed E-state index contributed by atoms with van der Waals surface area (Å²) in [6.45, 7) is 6.03. The molecule has 7 rings (SSSR count). The van der Waals surface area contributed by atoms with Gasteiger partial charge in [-0.05, 0) is 69.1 Å². The van der Waals surface area contributed by atoms with Crippen LogP contribution in [0.2, 0.25) is 0 Å². The van der Waals surface area contributed by atoms with Crippen LogP contribution in [0.5, 0.6) is 0 Å². The molecule has 0 aromatic carbocycles. The highest BCUT2D eigenvalue weighted by atomic mass is 15.3. The molecule has 2 N–H and O–H groups in total. The van der Waals surface area contributed by atoms with Crippen LogP contribution in [0.1, 0.15) is 57.8 Å². The van der Waals surface area contributed by atoms with Gasteiger partial charge in [0.15, 0.2) is 0 Å². The molecule has 1 heterocycles. The predicted octanol–water partition coefficient (Wildman–Crippen LogP) is 0.783. The molecule has 0 unspecified atom stereocenters. The van der Waals surface area contributed by atoms with Crippen molar-refractivity contribution in [3.05, 3.63) is 0 Å². The maximum absolute atomic E-state index is 2.06. The van der Waals surface area contributed by atoms with Gasteiger partial charge in [0, 0.05) is 24.2 Å². The minimum atomic E-state index is 1.08. The van der Waals surface area contributed by atoms with Crippen LogP contribution < -0.4 is 9.80 Å². The van der Waals surface area contributed by atoms with Crippen molar-refractivity contribution in [1.82, 2.24) is 0 Å². The van der Waals surface area contributed by atoms with Crippen molar-refractivity contribution in [2.75, 3.05) is 26.2 Å². The molecular formula is C21H36N2+2. The van der Waals surface area contributed by atoms with Crippen molar-refractivity contribution in [2.45, 2.75) is 69.9 Å². The fourth-order valence-corrected chi connectivity index (χ4v) is 8.93. The Labute approximate surface area is 142 Å². The average Bonchev–Trinajstić information content (AvgIpc) is 3.17. The van der Waals surface area contributed by atoms with E-state index in [9.17, 15) is 0 Å². The van der Waals surface area contributed by atoms with Gasteiger partial charge in [0.25, 0.3) is 0 Å². The molecule has 1 aliphatic heterocycles. The number of rotatable bonds is 2. The molecule has 128 valence electrons. The summed E-state index contributed by atoms with van der Waals surface area (Å²) in [6, 6.07) is 2.16. The van der Waals surface area contributed by atoms with Gasteiger partial charge >= 0.3 is 0 Å². The molecule has 0 aromatic rings. The number of hydrogen-bond donors (Lipinski definition) is 2. The van der Waals surface area contributed by atoms with Crippen LogP contribution in [0.4, 0.5) is 0 Å². The van der Waals surface area contributed by atoms with Gasteiger partial charge in [-0.15, -0.1) is 0 Å². The molecule has 7 fully saturated rings. The van der Waals surface area contributed by atoms with Crippen LogP contribution in [-0.2, 0) is 0 Å². The van der Waals surface area contributed by atoms with Crippen LogP contribution in [0, 0.1) is 35.5 Å². The van der Waals surface area contributed by atoms with Crippen LogP contribution in [0.3, 0.4) is 0 Å². The number of nitrogens with one attached hydrogen (secondary N) is 2. The molecule has 6 saturated carbocycles. The largest absolute Gasteiger partial charge is 0.323 e. The Hall–Kier alpha value is -0.0800. The number of hydrogen-bond acceptors (Lipinski definition) is 0. The summed E-state index contributed by atoms with van der Waals surface area (Å²) in [6.07, 6.45) is 14.4. The van der Waals surface area contributed by atoms with Crippen molar-refractivity contribution < 1.29 is 9.80 Å². The lowest BCUT2D eigenvalue weighted by atomic mass is 9.54. The Bertz CT molecular complexity index is 438. The lowest BCUT2D eigenvalue weighted by Gasteiger charge is -2.56. The second-order valence-corrected chi connectivity index (χ2v) is 10.6. The van der Waals surface area contributed by atoms with Crippen LogP contribution >= 0.6 is 0 Å². The van der Waals surface area contributed by atoms with Crippen molar-refractivity contribution in [1.29, 1.82) is 0 Å². The zero-order valence-electron chi connectivity index (χ0n) is 14.8. The molecule has 0 radical (unpaired) electrons. The smallest absolute Gasteiger partial charge is 0.127 e. The molecule has 3 atom stereocenters. The summed E-state index contributed by atoms with van der Waals surface area (Å²) in [5.41, 5.74) is 0. The van der Waals surface area contributed by atoms with E-state index in [4.69, 9.17) is 0 Å². The molecule has 2 nitrogen and oxygen atoms in total. The maximum atomic E-state index is 2.06. The Morgan fingerprint density at radius 2 is 1.09 bits per heavy atom. The molecule has 7 aliphatic rings. The monoisotopic (exact) mass is 316 g/mol. The van der Waals surface area contributed by atoms with E-state index in [-0.39, 0.29) is 0 Å². The van der Waals surface area contributed by atoms with Gasteiger partial charge in [-0.1, -0.05) is 0 Å². The van der Waals surface area contributed by atoms with Gasteiger partial charge in [0.05, 0.1) is 12.1 Å². The average molecular weight is 317 g/mol. The van der Waals surface area contributed by atoms with Crippen LogP contribution in [0.15, 0.2) is 0 Å². The highest BCUT2D eigenvalue weighted by molar-refractivity contribution is 4.98. The fraction of sp³-hybridized carbons (Fsp3) is 1.00. The first-order valence-corrected chi connectivity index (χ1v) is 11.0. The van der Waals surface area contributed by atoms with Crippen LogP contribution in [-0.4, -0.2) is 38.3 Å². The van der Waals surface area contributed by atoms with E-state index in [0.717, 1.165) is 47.6 Å². The zero-order valence-corrected chi connectivity index (χ0v) is 14.8. The minimum Gasteiger partial charge on any atom is -0.323 e. The summed E-state index contributed by atoms with van der Waals surface area (Å²) >= 11 is 0. The summed E-state index contributed by atoms with van der Waals surface area (Å²) in [5, 5.41) is 0. The molecule has 23 heavy (non-hydrogen) atoms. The van der Waals surface area contributed by atoms with E-state index in [1.165, 1.54) is 26.2 Å². The first kappa shape index (κ1) is 14.1. The molecule has 6 bridgehead atoms. The predicted molar refractivity (Wildman–Crippen MR) is 91.5 cm³/mol. The standard InChI is InChI=1S/C21H34N2/c1-2-17-8-14(1)13-20(17)22-3-5-23(6-4-22)21-18-9-15-7-16(11-18)12-19(21)10-15/h14-21H,1-13H2/p+2/t14-,15?,16?,17+,18?,19?,20+,21?/m1/s1. The van der Waals surface area contributed by atoms with Crippen LogP contribution in [0.25, 0.3) is 0 Å². The summed E-state index contributed by atoms with van der Waals surface area (Å²) < 4.78 is 0. The zero-order chi connectivity index (χ0) is 15.0. The summed E-state index contributed by atoms with van der Waals surface area (Å²) in [4.78, 5) is 4.09.